The van der Waals surface area contributed by atoms with Crippen LogP contribution in [0, 0.1) is 11.6 Å². The van der Waals surface area contributed by atoms with Crippen molar-refractivity contribution in [3.05, 3.63) is 132 Å². The fraction of sp³-hybridized carbons (Fsp3) is 0.100. The van der Waals surface area contributed by atoms with Gasteiger partial charge in [-0.2, -0.15) is 0 Å². The number of hydrogen-bond donors (Lipinski definition) is 0. The quantitative estimate of drug-likeness (QED) is 0.255. The number of aromatic nitrogens is 2. The van der Waals surface area contributed by atoms with Crippen molar-refractivity contribution in [1.82, 2.24) is 9.97 Å². The summed E-state index contributed by atoms with van der Waals surface area (Å²) in [6, 6.07) is 26.3. The van der Waals surface area contributed by atoms with Crippen LogP contribution in [0.5, 0.6) is 5.75 Å². The third-order valence-electron chi connectivity index (χ3n) is 5.93. The minimum absolute atomic E-state index is 0.00373. The molecule has 3 aromatic carbocycles. The van der Waals surface area contributed by atoms with Crippen LogP contribution < -0.4 is 9.64 Å². The lowest BCUT2D eigenvalue weighted by molar-refractivity contribution is -0.118. The average Bonchev–Trinajstić information content (AvgIpc) is 2.94. The van der Waals surface area contributed by atoms with Crippen molar-refractivity contribution < 1.29 is 18.3 Å². The standard InChI is InChI=1S/C30H23F2N3O2/c31-27-8-3-7-23(30(27)32)17-29(36)35(19-21-5-4-16-33-18-21)25-12-14-26(15-13-25)37-20-24-11-10-22-6-1-2-9-28(22)34-24/h1-16,18H,17,19-20H2. The number of rotatable bonds is 8. The summed E-state index contributed by atoms with van der Waals surface area (Å²) >= 11 is 0. The first-order chi connectivity index (χ1) is 18.1. The summed E-state index contributed by atoms with van der Waals surface area (Å²) in [6.07, 6.45) is 3.03. The molecule has 0 aliphatic heterocycles. The van der Waals surface area contributed by atoms with Crippen LogP contribution in [-0.2, 0) is 24.4 Å². The summed E-state index contributed by atoms with van der Waals surface area (Å²) in [5.74, 6) is -1.75. The molecule has 0 saturated carbocycles. The first-order valence-electron chi connectivity index (χ1n) is 11.8. The van der Waals surface area contributed by atoms with E-state index in [0.717, 1.165) is 28.2 Å². The first-order valence-corrected chi connectivity index (χ1v) is 11.8. The van der Waals surface area contributed by atoms with Gasteiger partial charge in [0, 0.05) is 29.0 Å². The fourth-order valence-electron chi connectivity index (χ4n) is 4.01. The number of para-hydroxylation sites is 1. The molecule has 5 rings (SSSR count). The van der Waals surface area contributed by atoms with Gasteiger partial charge < -0.3 is 9.64 Å². The number of ether oxygens (including phenoxy) is 1. The van der Waals surface area contributed by atoms with Crippen molar-refractivity contribution in [2.24, 2.45) is 0 Å². The molecule has 0 N–H and O–H groups in total. The third-order valence-corrected chi connectivity index (χ3v) is 5.93. The average molecular weight is 496 g/mol. The molecule has 2 heterocycles. The largest absolute Gasteiger partial charge is 0.487 e. The molecule has 0 aliphatic rings. The van der Waals surface area contributed by atoms with Gasteiger partial charge in [-0.25, -0.2) is 13.8 Å². The summed E-state index contributed by atoms with van der Waals surface area (Å²) in [4.78, 5) is 23.5. The smallest absolute Gasteiger partial charge is 0.231 e. The molecule has 5 nitrogen and oxygen atoms in total. The summed E-state index contributed by atoms with van der Waals surface area (Å²) in [7, 11) is 0. The highest BCUT2D eigenvalue weighted by atomic mass is 19.2. The molecule has 7 heteroatoms. The molecular formula is C30H23F2N3O2. The van der Waals surface area contributed by atoms with Gasteiger partial charge in [0.15, 0.2) is 11.6 Å². The number of benzene rings is 3. The number of amides is 1. The number of fused-ring (bicyclic) bond motifs is 1. The minimum atomic E-state index is -1.01. The van der Waals surface area contributed by atoms with Crippen LogP contribution in [0.1, 0.15) is 16.8 Å². The molecule has 0 fully saturated rings. The Kier molecular flexibility index (Phi) is 7.12. The van der Waals surface area contributed by atoms with Crippen LogP contribution in [0.15, 0.2) is 103 Å². The van der Waals surface area contributed by atoms with E-state index >= 15 is 0 Å². The van der Waals surface area contributed by atoms with Crippen molar-refractivity contribution in [1.29, 1.82) is 0 Å². The lowest BCUT2D eigenvalue weighted by atomic mass is 10.1. The Balaban J connectivity index is 1.33. The van der Waals surface area contributed by atoms with Crippen LogP contribution in [0.25, 0.3) is 10.9 Å². The topological polar surface area (TPSA) is 55.3 Å². The number of halogens is 2. The highest BCUT2D eigenvalue weighted by Crippen LogP contribution is 2.24. The van der Waals surface area contributed by atoms with E-state index in [1.807, 2.05) is 42.5 Å². The van der Waals surface area contributed by atoms with E-state index in [1.54, 1.807) is 42.7 Å². The predicted molar refractivity (Wildman–Crippen MR) is 138 cm³/mol. The van der Waals surface area contributed by atoms with Crippen molar-refractivity contribution in [3.63, 3.8) is 0 Å². The van der Waals surface area contributed by atoms with Gasteiger partial charge in [0.1, 0.15) is 12.4 Å². The maximum absolute atomic E-state index is 14.2. The first kappa shape index (κ1) is 24.1. The number of carbonyl (C=O) groups is 1. The van der Waals surface area contributed by atoms with E-state index in [9.17, 15) is 13.6 Å². The zero-order valence-corrected chi connectivity index (χ0v) is 19.9. The highest BCUT2D eigenvalue weighted by molar-refractivity contribution is 5.94. The zero-order chi connectivity index (χ0) is 25.6. The number of carbonyl (C=O) groups excluding carboxylic acids is 1. The summed E-state index contributed by atoms with van der Waals surface area (Å²) in [5.41, 5.74) is 3.11. The van der Waals surface area contributed by atoms with Gasteiger partial charge in [-0.3, -0.25) is 9.78 Å². The van der Waals surface area contributed by atoms with Crippen LogP contribution in [0.2, 0.25) is 0 Å². The molecule has 0 radical (unpaired) electrons. The van der Waals surface area contributed by atoms with Crippen LogP contribution in [-0.4, -0.2) is 15.9 Å². The molecule has 0 aliphatic carbocycles. The maximum Gasteiger partial charge on any atom is 0.231 e. The molecule has 0 spiro atoms. The second-order valence-corrected chi connectivity index (χ2v) is 8.51. The number of hydrogen-bond acceptors (Lipinski definition) is 4. The lowest BCUT2D eigenvalue weighted by Crippen LogP contribution is -2.32. The molecule has 37 heavy (non-hydrogen) atoms. The van der Waals surface area contributed by atoms with E-state index in [4.69, 9.17) is 4.74 Å². The second kappa shape index (κ2) is 11.0. The van der Waals surface area contributed by atoms with Gasteiger partial charge in [0.05, 0.1) is 24.2 Å². The minimum Gasteiger partial charge on any atom is -0.487 e. The third kappa shape index (κ3) is 5.78. The van der Waals surface area contributed by atoms with Gasteiger partial charge in [-0.15, -0.1) is 0 Å². The SMILES string of the molecule is O=C(Cc1cccc(F)c1F)N(Cc1cccnc1)c1ccc(OCc2ccc3ccccc3n2)cc1. The Morgan fingerprint density at radius 2 is 1.70 bits per heavy atom. The highest BCUT2D eigenvalue weighted by Gasteiger charge is 2.20. The van der Waals surface area contributed by atoms with Crippen molar-refractivity contribution >= 4 is 22.5 Å². The Morgan fingerprint density at radius 1 is 0.865 bits per heavy atom. The van der Waals surface area contributed by atoms with Gasteiger partial charge >= 0.3 is 0 Å². The van der Waals surface area contributed by atoms with E-state index in [-0.39, 0.29) is 24.4 Å². The van der Waals surface area contributed by atoms with Crippen molar-refractivity contribution in [2.75, 3.05) is 4.90 Å². The van der Waals surface area contributed by atoms with E-state index < -0.39 is 11.6 Å². The molecule has 2 aromatic heterocycles. The Morgan fingerprint density at radius 3 is 2.51 bits per heavy atom. The summed E-state index contributed by atoms with van der Waals surface area (Å²) < 4.78 is 33.8. The normalized spacial score (nSPS) is 10.9. The fourth-order valence-corrected chi connectivity index (χ4v) is 4.01. The lowest BCUT2D eigenvalue weighted by Gasteiger charge is -2.23. The van der Waals surface area contributed by atoms with E-state index in [2.05, 4.69) is 9.97 Å². The Labute approximate surface area is 213 Å². The second-order valence-electron chi connectivity index (χ2n) is 8.51. The Bertz CT molecular complexity index is 1530. The van der Waals surface area contributed by atoms with Crippen molar-refractivity contribution in [2.45, 2.75) is 19.6 Å². The maximum atomic E-state index is 14.2. The Hall–Kier alpha value is -4.65. The monoisotopic (exact) mass is 495 g/mol. The van der Waals surface area contributed by atoms with Crippen LogP contribution in [0.3, 0.4) is 0 Å². The van der Waals surface area contributed by atoms with Gasteiger partial charge in [-0.05, 0) is 54.1 Å². The predicted octanol–water partition coefficient (Wildman–Crippen LogP) is 6.26. The molecular weight excluding hydrogens is 472 g/mol. The summed E-state index contributed by atoms with van der Waals surface area (Å²) in [5, 5.41) is 1.06. The van der Waals surface area contributed by atoms with E-state index in [1.165, 1.54) is 17.0 Å². The number of nitrogens with zero attached hydrogens (tertiary/aromatic N) is 3. The van der Waals surface area contributed by atoms with Crippen molar-refractivity contribution in [3.8, 4) is 5.75 Å². The van der Waals surface area contributed by atoms with Crippen LogP contribution in [0.4, 0.5) is 14.5 Å². The van der Waals surface area contributed by atoms with Gasteiger partial charge in [0.25, 0.3) is 0 Å². The van der Waals surface area contributed by atoms with Crippen LogP contribution >= 0.6 is 0 Å². The molecule has 0 atom stereocenters. The molecule has 0 saturated heterocycles. The number of pyridine rings is 2. The molecule has 184 valence electrons. The molecule has 1 amide bonds. The molecule has 0 bridgehead atoms. The molecule has 0 unspecified atom stereocenters. The molecule has 5 aromatic rings. The van der Waals surface area contributed by atoms with E-state index in [0.29, 0.717) is 18.0 Å². The zero-order valence-electron chi connectivity index (χ0n) is 19.9. The number of anilines is 1. The van der Waals surface area contributed by atoms with Gasteiger partial charge in [-0.1, -0.05) is 42.5 Å². The van der Waals surface area contributed by atoms with Gasteiger partial charge in [0.2, 0.25) is 5.91 Å². The summed E-state index contributed by atoms with van der Waals surface area (Å²) in [6.45, 7) is 0.520.